The Labute approximate surface area is 118 Å². The zero-order valence-electron chi connectivity index (χ0n) is 11.7. The Hall–Kier alpha value is -0.580. The van der Waals surface area contributed by atoms with Gasteiger partial charge in [-0.3, -0.25) is 9.59 Å². The molecule has 1 atom stereocenters. The molecule has 4 nitrogen and oxygen atoms in total. The number of carbonyl (C=O) groups excluding carboxylic acids is 2. The van der Waals surface area contributed by atoms with Gasteiger partial charge in [-0.2, -0.15) is 0 Å². The van der Waals surface area contributed by atoms with Gasteiger partial charge in [0.05, 0.1) is 11.9 Å². The van der Waals surface area contributed by atoms with Crippen LogP contribution in [0.1, 0.15) is 40.0 Å². The lowest BCUT2D eigenvalue weighted by Crippen LogP contribution is -2.43. The van der Waals surface area contributed by atoms with E-state index < -0.39 is 0 Å². The fourth-order valence-electron chi connectivity index (χ4n) is 1.68. The highest BCUT2D eigenvalue weighted by Gasteiger charge is 2.24. The summed E-state index contributed by atoms with van der Waals surface area (Å²) in [5.41, 5.74) is 0. The average molecular weight is 322 g/mol. The predicted octanol–water partition coefficient (Wildman–Crippen LogP) is 2.60. The summed E-state index contributed by atoms with van der Waals surface area (Å²) in [5, 5.41) is 0. The molecule has 0 aromatic carbocycles. The molecule has 0 N–H and O–H groups in total. The van der Waals surface area contributed by atoms with Gasteiger partial charge in [0.15, 0.2) is 0 Å². The molecule has 0 aliphatic rings. The summed E-state index contributed by atoms with van der Waals surface area (Å²) in [5.74, 6) is 0.0232. The van der Waals surface area contributed by atoms with Crippen molar-refractivity contribution in [3.05, 3.63) is 0 Å². The number of carbonyl (C=O) groups is 2. The molecule has 0 aliphatic heterocycles. The molecule has 0 aromatic heterocycles. The van der Waals surface area contributed by atoms with Gasteiger partial charge in [-0.1, -0.05) is 49.5 Å². The third kappa shape index (κ3) is 5.85. The van der Waals surface area contributed by atoms with Crippen molar-refractivity contribution in [2.75, 3.05) is 20.2 Å². The van der Waals surface area contributed by atoms with Gasteiger partial charge >= 0.3 is 5.97 Å². The summed E-state index contributed by atoms with van der Waals surface area (Å²) in [6, 6.07) is 0. The molecule has 18 heavy (non-hydrogen) atoms. The lowest BCUT2D eigenvalue weighted by molar-refractivity contribution is -0.147. The number of ether oxygens (including phenoxy) is 1. The fourth-order valence-corrected chi connectivity index (χ4v) is 1.97. The summed E-state index contributed by atoms with van der Waals surface area (Å²) in [6.07, 6.45) is 2.71. The smallest absolute Gasteiger partial charge is 0.325 e. The predicted molar refractivity (Wildman–Crippen MR) is 75.7 cm³/mol. The maximum atomic E-state index is 12.2. The van der Waals surface area contributed by atoms with Crippen LogP contribution in [0.15, 0.2) is 0 Å². The van der Waals surface area contributed by atoms with Gasteiger partial charge in [-0.15, -0.1) is 0 Å². The van der Waals surface area contributed by atoms with Crippen LogP contribution < -0.4 is 0 Å². The minimum absolute atomic E-state index is 0.0326. The Bertz CT molecular complexity index is 267. The molecule has 1 amide bonds. The molecular formula is C13H24BrNO3. The Morgan fingerprint density at radius 3 is 2.11 bits per heavy atom. The Kier molecular flexibility index (Phi) is 9.06. The monoisotopic (exact) mass is 321 g/mol. The zero-order valence-corrected chi connectivity index (χ0v) is 13.3. The largest absolute Gasteiger partial charge is 0.468 e. The summed E-state index contributed by atoms with van der Waals surface area (Å²) in [6.45, 7) is 6.78. The van der Waals surface area contributed by atoms with E-state index >= 15 is 0 Å². The van der Waals surface area contributed by atoms with Crippen LogP contribution in [0.3, 0.4) is 0 Å². The van der Waals surface area contributed by atoms with Gasteiger partial charge in [0.1, 0.15) is 6.54 Å². The molecule has 0 radical (unpaired) electrons. The number of hydrogen-bond donors (Lipinski definition) is 0. The van der Waals surface area contributed by atoms with Crippen LogP contribution in [0.25, 0.3) is 0 Å². The first-order valence-corrected chi connectivity index (χ1v) is 7.41. The SMILES string of the molecule is CCC(CC)CN(CC(=O)OC)C(=O)C(Br)CC. The van der Waals surface area contributed by atoms with Gasteiger partial charge in [0.25, 0.3) is 0 Å². The first-order chi connectivity index (χ1) is 8.49. The van der Waals surface area contributed by atoms with Gasteiger partial charge < -0.3 is 9.64 Å². The van der Waals surface area contributed by atoms with Gasteiger partial charge in [0, 0.05) is 6.54 Å². The molecule has 0 bridgehead atoms. The Morgan fingerprint density at radius 1 is 1.17 bits per heavy atom. The van der Waals surface area contributed by atoms with Crippen LogP contribution in [0.2, 0.25) is 0 Å². The van der Waals surface area contributed by atoms with E-state index in [9.17, 15) is 9.59 Å². The number of methoxy groups -OCH3 is 1. The minimum atomic E-state index is -0.370. The summed E-state index contributed by atoms with van der Waals surface area (Å²) >= 11 is 3.35. The third-order valence-electron chi connectivity index (χ3n) is 3.12. The molecule has 0 aromatic rings. The molecule has 106 valence electrons. The molecule has 0 heterocycles. The van der Waals surface area contributed by atoms with Crippen LogP contribution in [0.5, 0.6) is 0 Å². The molecule has 0 saturated carbocycles. The first-order valence-electron chi connectivity index (χ1n) is 6.49. The number of nitrogens with zero attached hydrogens (tertiary/aromatic N) is 1. The number of esters is 1. The Morgan fingerprint density at radius 2 is 1.72 bits per heavy atom. The number of halogens is 1. The number of alkyl halides is 1. The number of rotatable bonds is 8. The van der Waals surface area contributed by atoms with Crippen LogP contribution in [0, 0.1) is 5.92 Å². The molecular weight excluding hydrogens is 298 g/mol. The number of hydrogen-bond acceptors (Lipinski definition) is 3. The highest BCUT2D eigenvalue weighted by atomic mass is 79.9. The molecule has 0 spiro atoms. The van der Waals surface area contributed by atoms with Crippen LogP contribution in [-0.2, 0) is 14.3 Å². The van der Waals surface area contributed by atoms with E-state index in [0.29, 0.717) is 18.9 Å². The van der Waals surface area contributed by atoms with Crippen LogP contribution in [-0.4, -0.2) is 41.8 Å². The quantitative estimate of drug-likeness (QED) is 0.510. The summed E-state index contributed by atoms with van der Waals surface area (Å²) in [7, 11) is 1.34. The van der Waals surface area contributed by atoms with Crippen molar-refractivity contribution in [2.24, 2.45) is 5.92 Å². The second kappa shape index (κ2) is 9.36. The standard InChI is InChI=1S/C13H24BrNO3/c1-5-10(6-2)8-15(9-12(16)18-4)13(17)11(14)7-3/h10-11H,5-9H2,1-4H3. The third-order valence-corrected chi connectivity index (χ3v) is 4.16. The fraction of sp³-hybridized carbons (Fsp3) is 0.846. The summed E-state index contributed by atoms with van der Waals surface area (Å²) in [4.78, 5) is 24.9. The van der Waals surface area contributed by atoms with E-state index in [1.54, 1.807) is 4.90 Å². The molecule has 0 saturated heterocycles. The van der Waals surface area contributed by atoms with Gasteiger partial charge in [-0.25, -0.2) is 0 Å². The molecule has 0 fully saturated rings. The minimum Gasteiger partial charge on any atom is -0.468 e. The second-order valence-corrected chi connectivity index (χ2v) is 5.46. The van der Waals surface area contributed by atoms with Crippen molar-refractivity contribution in [1.29, 1.82) is 0 Å². The molecule has 5 heteroatoms. The van der Waals surface area contributed by atoms with E-state index in [2.05, 4.69) is 34.5 Å². The normalized spacial score (nSPS) is 12.3. The molecule has 0 rings (SSSR count). The number of amides is 1. The molecule has 1 unspecified atom stereocenters. The maximum Gasteiger partial charge on any atom is 0.325 e. The van der Waals surface area contributed by atoms with E-state index in [0.717, 1.165) is 12.8 Å². The van der Waals surface area contributed by atoms with Gasteiger partial charge in [0.2, 0.25) is 5.91 Å². The van der Waals surface area contributed by atoms with Gasteiger partial charge in [-0.05, 0) is 12.3 Å². The van der Waals surface area contributed by atoms with Crippen molar-refractivity contribution < 1.29 is 14.3 Å². The maximum absolute atomic E-state index is 12.2. The van der Waals surface area contributed by atoms with Crippen molar-refractivity contribution in [2.45, 2.75) is 44.9 Å². The highest BCUT2D eigenvalue weighted by molar-refractivity contribution is 9.10. The second-order valence-electron chi connectivity index (χ2n) is 4.35. The van der Waals surface area contributed by atoms with E-state index in [1.165, 1.54) is 7.11 Å². The van der Waals surface area contributed by atoms with Crippen LogP contribution in [0.4, 0.5) is 0 Å². The van der Waals surface area contributed by atoms with E-state index in [1.807, 2.05) is 6.92 Å². The molecule has 0 aliphatic carbocycles. The van der Waals surface area contributed by atoms with Crippen molar-refractivity contribution in [3.63, 3.8) is 0 Å². The lowest BCUT2D eigenvalue weighted by Gasteiger charge is -2.27. The van der Waals surface area contributed by atoms with Crippen LogP contribution >= 0.6 is 15.9 Å². The van der Waals surface area contributed by atoms with E-state index in [-0.39, 0.29) is 23.2 Å². The highest BCUT2D eigenvalue weighted by Crippen LogP contribution is 2.14. The lowest BCUT2D eigenvalue weighted by atomic mass is 10.0. The zero-order chi connectivity index (χ0) is 14.1. The van der Waals surface area contributed by atoms with E-state index in [4.69, 9.17) is 0 Å². The van der Waals surface area contributed by atoms with Crippen molar-refractivity contribution >= 4 is 27.8 Å². The first kappa shape index (κ1) is 17.4. The summed E-state index contributed by atoms with van der Waals surface area (Å²) < 4.78 is 4.64. The average Bonchev–Trinajstić information content (AvgIpc) is 2.41. The van der Waals surface area contributed by atoms with Crippen molar-refractivity contribution in [3.8, 4) is 0 Å². The van der Waals surface area contributed by atoms with Crippen molar-refractivity contribution in [1.82, 2.24) is 4.90 Å². The topological polar surface area (TPSA) is 46.6 Å². The Balaban J connectivity index is 4.70.